The zero-order valence-corrected chi connectivity index (χ0v) is 32.2. The largest absolute Gasteiger partial charge is 0.495 e. The zero-order valence-electron chi connectivity index (χ0n) is 29.9. The standard InChI is InChI=1S/C38H44BrClN2O11/c1-6-17-50-32(45)20-30-36(47)52-28(23(2)34(51-22-43)33(39)25-11-8-7-9-12-25)13-10-14-31(44)42-27(19-24-15-16-29(49-5)26(40)18-24)35(46)41-21-38(3,4)37(48)53-30/h6-12,14-16,18,22-23,27-28,30,33-34H,1,13,17,19-21H2,2-5H3,(H,41,46)(H,42,44)/b14-10+/t23-,27+,28-,30-,33-,34+/m0/s1. The van der Waals surface area contributed by atoms with Crippen LogP contribution < -0.4 is 15.4 Å². The lowest BCUT2D eigenvalue weighted by Gasteiger charge is -2.33. The fourth-order valence-electron chi connectivity index (χ4n) is 5.30. The molecule has 0 spiro atoms. The van der Waals surface area contributed by atoms with E-state index >= 15 is 0 Å². The van der Waals surface area contributed by atoms with Crippen LogP contribution in [0, 0.1) is 11.3 Å². The molecule has 13 nitrogen and oxygen atoms in total. The molecule has 6 atom stereocenters. The van der Waals surface area contributed by atoms with Gasteiger partial charge in [-0.15, -0.1) is 0 Å². The van der Waals surface area contributed by atoms with Crippen molar-refractivity contribution in [2.75, 3.05) is 20.3 Å². The second-order valence-electron chi connectivity index (χ2n) is 12.9. The first kappa shape index (κ1) is 42.7. The van der Waals surface area contributed by atoms with Crippen molar-refractivity contribution in [3.05, 3.63) is 89.5 Å². The van der Waals surface area contributed by atoms with Gasteiger partial charge in [-0.1, -0.05) is 89.6 Å². The summed E-state index contributed by atoms with van der Waals surface area (Å²) in [7, 11) is 1.47. The van der Waals surface area contributed by atoms with Crippen LogP contribution in [0.25, 0.3) is 0 Å². The van der Waals surface area contributed by atoms with Gasteiger partial charge in [0.1, 0.15) is 30.6 Å². The quantitative estimate of drug-likeness (QED) is 0.0941. The van der Waals surface area contributed by atoms with E-state index < -0.39 is 76.7 Å². The summed E-state index contributed by atoms with van der Waals surface area (Å²) in [5, 5.41) is 5.67. The Morgan fingerprint density at radius 2 is 1.85 bits per heavy atom. The summed E-state index contributed by atoms with van der Waals surface area (Å²) < 4.78 is 27.3. The van der Waals surface area contributed by atoms with Crippen LogP contribution in [0.3, 0.4) is 0 Å². The van der Waals surface area contributed by atoms with Crippen molar-refractivity contribution in [3.8, 4) is 5.75 Å². The molecule has 53 heavy (non-hydrogen) atoms. The maximum Gasteiger partial charge on any atom is 0.348 e. The highest BCUT2D eigenvalue weighted by Gasteiger charge is 2.40. The van der Waals surface area contributed by atoms with Crippen LogP contribution in [-0.4, -0.2) is 80.8 Å². The van der Waals surface area contributed by atoms with Crippen LogP contribution in [0.15, 0.2) is 73.3 Å². The molecule has 2 N–H and O–H groups in total. The van der Waals surface area contributed by atoms with E-state index in [1.165, 1.54) is 39.2 Å². The minimum atomic E-state index is -1.75. The maximum absolute atomic E-state index is 13.8. The third-order valence-corrected chi connectivity index (χ3v) is 9.75. The number of ether oxygens (including phenoxy) is 5. The SMILES string of the molecule is C=CCOC(=O)C[C@@H]1OC(=O)C(C)(C)CNC(=O)[C@@H](Cc2ccc(OC)c(Cl)c2)NC(=O)/C=C/C[C@@H]([C@H](C)[C@@H](OC=O)[C@@H](Br)c2ccccc2)OC1=O. The van der Waals surface area contributed by atoms with Crippen molar-refractivity contribution in [3.63, 3.8) is 0 Å². The number of hydrogen-bond donors (Lipinski definition) is 2. The first-order valence-electron chi connectivity index (χ1n) is 16.7. The maximum atomic E-state index is 13.8. The van der Waals surface area contributed by atoms with Crippen LogP contribution in [-0.2, 0) is 54.1 Å². The summed E-state index contributed by atoms with van der Waals surface area (Å²) >= 11 is 9.92. The Kier molecular flexibility index (Phi) is 16.5. The number of nitrogens with one attached hydrogen (secondary N) is 2. The van der Waals surface area contributed by atoms with Gasteiger partial charge in [-0.2, -0.15) is 0 Å². The minimum absolute atomic E-state index is 0.0308. The molecule has 0 aliphatic carbocycles. The topological polar surface area (TPSA) is 173 Å². The number of hydrogen-bond acceptors (Lipinski definition) is 11. The van der Waals surface area contributed by atoms with Gasteiger partial charge < -0.3 is 34.3 Å². The summed E-state index contributed by atoms with van der Waals surface area (Å²) in [4.78, 5) is 77.9. The first-order chi connectivity index (χ1) is 25.2. The van der Waals surface area contributed by atoms with E-state index in [0.717, 1.165) is 5.56 Å². The van der Waals surface area contributed by atoms with Crippen molar-refractivity contribution in [2.45, 2.75) is 69.2 Å². The van der Waals surface area contributed by atoms with Crippen LogP contribution in [0.2, 0.25) is 5.02 Å². The molecular formula is C38H44BrClN2O11. The molecule has 3 rings (SSSR count). The molecule has 1 aliphatic rings. The third kappa shape index (κ3) is 12.7. The lowest BCUT2D eigenvalue weighted by molar-refractivity contribution is -0.182. The molecule has 0 aromatic heterocycles. The number of rotatable bonds is 13. The van der Waals surface area contributed by atoms with Gasteiger partial charge in [-0.25, -0.2) is 4.79 Å². The van der Waals surface area contributed by atoms with Crippen molar-refractivity contribution < 1.29 is 52.5 Å². The highest BCUT2D eigenvalue weighted by Crippen LogP contribution is 2.35. The fraction of sp³-hybridized carbons (Fsp3) is 0.421. The predicted octanol–water partition coefficient (Wildman–Crippen LogP) is 4.74. The van der Waals surface area contributed by atoms with Gasteiger partial charge in [0.15, 0.2) is 0 Å². The van der Waals surface area contributed by atoms with E-state index in [4.69, 9.17) is 35.3 Å². The molecule has 0 radical (unpaired) electrons. The highest BCUT2D eigenvalue weighted by molar-refractivity contribution is 9.09. The normalized spacial score (nSPS) is 22.0. The molecule has 15 heteroatoms. The first-order valence-corrected chi connectivity index (χ1v) is 18.0. The highest BCUT2D eigenvalue weighted by atomic mass is 79.9. The van der Waals surface area contributed by atoms with Gasteiger partial charge in [-0.3, -0.25) is 24.0 Å². The Morgan fingerprint density at radius 1 is 1.13 bits per heavy atom. The van der Waals surface area contributed by atoms with Gasteiger partial charge in [0.25, 0.3) is 6.47 Å². The molecule has 0 unspecified atom stereocenters. The lowest BCUT2D eigenvalue weighted by Crippen LogP contribution is -2.51. The molecule has 2 aromatic rings. The Balaban J connectivity index is 2.03. The van der Waals surface area contributed by atoms with E-state index in [1.54, 1.807) is 25.1 Å². The van der Waals surface area contributed by atoms with Crippen molar-refractivity contribution in [2.24, 2.45) is 11.3 Å². The number of esters is 3. The predicted molar refractivity (Wildman–Crippen MR) is 198 cm³/mol. The molecule has 0 saturated heterocycles. The average molecular weight is 820 g/mol. The van der Waals surface area contributed by atoms with Gasteiger partial charge >= 0.3 is 17.9 Å². The second-order valence-corrected chi connectivity index (χ2v) is 14.3. The second kappa shape index (κ2) is 20.5. The van der Waals surface area contributed by atoms with Crippen molar-refractivity contribution in [1.82, 2.24) is 10.6 Å². The van der Waals surface area contributed by atoms with Crippen molar-refractivity contribution in [1.29, 1.82) is 0 Å². The number of amides is 2. The Hall–Kier alpha value is -4.69. The summed E-state index contributed by atoms with van der Waals surface area (Å²) in [6, 6.07) is 12.9. The van der Waals surface area contributed by atoms with Gasteiger partial charge in [0.2, 0.25) is 17.9 Å². The summed E-state index contributed by atoms with van der Waals surface area (Å²) in [6.45, 7) is 7.99. The lowest BCUT2D eigenvalue weighted by atomic mass is 9.90. The molecule has 1 heterocycles. The van der Waals surface area contributed by atoms with Gasteiger partial charge in [-0.05, 0) is 43.2 Å². The monoisotopic (exact) mass is 818 g/mol. The van der Waals surface area contributed by atoms with Crippen LogP contribution in [0.1, 0.15) is 49.6 Å². The molecule has 0 bridgehead atoms. The molecule has 0 fully saturated rings. The van der Waals surface area contributed by atoms with Gasteiger partial charge in [0, 0.05) is 25.3 Å². The number of carbonyl (C=O) groups excluding carboxylic acids is 6. The Labute approximate surface area is 321 Å². The smallest absolute Gasteiger partial charge is 0.348 e. The third-order valence-electron chi connectivity index (χ3n) is 8.40. The van der Waals surface area contributed by atoms with Crippen LogP contribution in [0.4, 0.5) is 0 Å². The number of benzene rings is 2. The summed E-state index contributed by atoms with van der Waals surface area (Å²) in [6.07, 6.45) is -0.541. The van der Waals surface area contributed by atoms with E-state index in [1.807, 2.05) is 30.3 Å². The molecule has 2 aromatic carbocycles. The molecule has 0 saturated carbocycles. The summed E-state index contributed by atoms with van der Waals surface area (Å²) in [5.41, 5.74) is -0.0471. The van der Waals surface area contributed by atoms with Crippen LogP contribution in [0.5, 0.6) is 5.75 Å². The number of cyclic esters (lactones) is 2. The Morgan fingerprint density at radius 3 is 2.49 bits per heavy atom. The minimum Gasteiger partial charge on any atom is -0.495 e. The molecule has 2 amide bonds. The summed E-state index contributed by atoms with van der Waals surface area (Å²) in [5.74, 6) is -4.43. The molecule has 286 valence electrons. The van der Waals surface area contributed by atoms with E-state index in [9.17, 15) is 28.8 Å². The molecular weight excluding hydrogens is 776 g/mol. The fourth-order valence-corrected chi connectivity index (χ4v) is 6.49. The van der Waals surface area contributed by atoms with E-state index in [-0.39, 0.29) is 32.5 Å². The van der Waals surface area contributed by atoms with Crippen molar-refractivity contribution >= 4 is 63.7 Å². The van der Waals surface area contributed by atoms with Gasteiger partial charge in [0.05, 0.1) is 28.8 Å². The number of alkyl halides is 1. The number of methoxy groups -OCH3 is 1. The van der Waals surface area contributed by atoms with E-state index in [0.29, 0.717) is 16.3 Å². The zero-order chi connectivity index (χ0) is 39.1. The average Bonchev–Trinajstić information content (AvgIpc) is 3.13. The Bertz CT molecular complexity index is 1650. The molecule has 1 aliphatic heterocycles. The van der Waals surface area contributed by atoms with Crippen LogP contribution >= 0.6 is 27.5 Å². The number of carbonyl (C=O) groups is 6. The number of halogens is 2. The van der Waals surface area contributed by atoms with E-state index in [2.05, 4.69) is 33.1 Å².